The van der Waals surface area contributed by atoms with Gasteiger partial charge in [0.1, 0.15) is 23.2 Å². The van der Waals surface area contributed by atoms with Crippen LogP contribution in [0.1, 0.15) is 18.6 Å². The molecule has 0 aliphatic rings. The zero-order valence-corrected chi connectivity index (χ0v) is 11.2. The van der Waals surface area contributed by atoms with E-state index in [9.17, 15) is 13.6 Å². The van der Waals surface area contributed by atoms with Gasteiger partial charge in [0.25, 0.3) is 0 Å². The van der Waals surface area contributed by atoms with Crippen molar-refractivity contribution in [2.24, 2.45) is 0 Å². The van der Waals surface area contributed by atoms with E-state index in [1.165, 1.54) is 24.3 Å². The third kappa shape index (κ3) is 4.13. The Morgan fingerprint density at radius 1 is 1.19 bits per heavy atom. The molecule has 6 heteroatoms. The van der Waals surface area contributed by atoms with E-state index in [1.807, 2.05) is 0 Å². The van der Waals surface area contributed by atoms with Crippen LogP contribution < -0.4 is 5.32 Å². The van der Waals surface area contributed by atoms with Crippen LogP contribution in [0.5, 0.6) is 0 Å². The van der Waals surface area contributed by atoms with Gasteiger partial charge in [-0.25, -0.2) is 8.78 Å². The molecule has 0 saturated heterocycles. The lowest BCUT2D eigenvalue weighted by Crippen LogP contribution is -2.15. The first kappa shape index (κ1) is 15.2. The van der Waals surface area contributed by atoms with Crippen molar-refractivity contribution in [3.8, 4) is 11.3 Å². The quantitative estimate of drug-likeness (QED) is 0.770. The first-order valence-corrected chi connectivity index (χ1v) is 6.53. The Bertz CT molecular complexity index is 605. The van der Waals surface area contributed by atoms with Crippen molar-refractivity contribution in [1.29, 1.82) is 0 Å². The molecule has 112 valence electrons. The van der Waals surface area contributed by atoms with E-state index < -0.39 is 17.6 Å². The molecule has 0 fully saturated rings. The first-order chi connectivity index (χ1) is 10.1. The molecule has 2 N–H and O–H groups in total. The van der Waals surface area contributed by atoms with E-state index in [2.05, 4.69) is 5.32 Å². The van der Waals surface area contributed by atoms with Crippen molar-refractivity contribution in [3.05, 3.63) is 47.7 Å². The van der Waals surface area contributed by atoms with E-state index in [0.29, 0.717) is 25.3 Å². The molecule has 0 unspecified atom stereocenters. The van der Waals surface area contributed by atoms with Gasteiger partial charge in [0, 0.05) is 6.42 Å². The van der Waals surface area contributed by atoms with Crippen molar-refractivity contribution < 1.29 is 23.1 Å². The highest BCUT2D eigenvalue weighted by Crippen LogP contribution is 2.27. The Labute approximate surface area is 120 Å². The van der Waals surface area contributed by atoms with E-state index in [-0.39, 0.29) is 17.7 Å². The maximum Gasteiger partial charge on any atom is 0.303 e. The average Bonchev–Trinajstić information content (AvgIpc) is 2.86. The number of carboxylic acids is 1. The number of benzene rings is 1. The van der Waals surface area contributed by atoms with Gasteiger partial charge in [-0.1, -0.05) is 6.07 Å². The van der Waals surface area contributed by atoms with Crippen molar-refractivity contribution in [2.75, 3.05) is 6.54 Å². The average molecular weight is 295 g/mol. The van der Waals surface area contributed by atoms with Crippen LogP contribution in [0, 0.1) is 11.6 Å². The number of carbonyl (C=O) groups is 1. The van der Waals surface area contributed by atoms with Gasteiger partial charge in [0.15, 0.2) is 0 Å². The predicted molar refractivity (Wildman–Crippen MR) is 72.6 cm³/mol. The summed E-state index contributed by atoms with van der Waals surface area (Å²) >= 11 is 0. The molecule has 0 atom stereocenters. The lowest BCUT2D eigenvalue weighted by Gasteiger charge is -2.02. The number of halogens is 2. The molecule has 21 heavy (non-hydrogen) atoms. The molecule has 0 radical (unpaired) electrons. The summed E-state index contributed by atoms with van der Waals surface area (Å²) in [5, 5.41) is 11.5. The van der Waals surface area contributed by atoms with Crippen LogP contribution in [-0.4, -0.2) is 17.6 Å². The van der Waals surface area contributed by atoms with Gasteiger partial charge in [-0.3, -0.25) is 4.79 Å². The van der Waals surface area contributed by atoms with Crippen LogP contribution in [0.25, 0.3) is 11.3 Å². The van der Waals surface area contributed by atoms with Gasteiger partial charge >= 0.3 is 5.97 Å². The molecule has 0 spiro atoms. The monoisotopic (exact) mass is 295 g/mol. The summed E-state index contributed by atoms with van der Waals surface area (Å²) in [6.45, 7) is 0.895. The Morgan fingerprint density at radius 3 is 2.57 bits per heavy atom. The predicted octanol–water partition coefficient (Wildman–Crippen LogP) is 3.18. The lowest BCUT2D eigenvalue weighted by atomic mass is 10.1. The van der Waals surface area contributed by atoms with E-state index in [0.717, 1.165) is 0 Å². The van der Waals surface area contributed by atoms with E-state index in [4.69, 9.17) is 9.52 Å². The zero-order chi connectivity index (χ0) is 15.2. The first-order valence-electron chi connectivity index (χ1n) is 6.53. The summed E-state index contributed by atoms with van der Waals surface area (Å²) < 4.78 is 32.6. The Morgan fingerprint density at radius 2 is 1.90 bits per heavy atom. The maximum absolute atomic E-state index is 13.6. The fourth-order valence-electron chi connectivity index (χ4n) is 1.92. The smallest absolute Gasteiger partial charge is 0.303 e. The minimum atomic E-state index is -0.841. The van der Waals surface area contributed by atoms with Crippen molar-refractivity contribution in [3.63, 3.8) is 0 Å². The molecule has 1 aromatic heterocycles. The SMILES string of the molecule is O=C(O)CCCNCc1ccc(-c2c(F)cccc2F)o1. The Kier molecular flexibility index (Phi) is 5.05. The van der Waals surface area contributed by atoms with Gasteiger partial charge in [0.05, 0.1) is 12.1 Å². The summed E-state index contributed by atoms with van der Waals surface area (Å²) in [6, 6.07) is 6.78. The molecule has 0 saturated carbocycles. The van der Waals surface area contributed by atoms with Crippen LogP contribution >= 0.6 is 0 Å². The molecule has 4 nitrogen and oxygen atoms in total. The summed E-state index contributed by atoms with van der Waals surface area (Å²) in [5.74, 6) is -1.53. The van der Waals surface area contributed by atoms with Crippen molar-refractivity contribution >= 4 is 5.97 Å². The fourth-order valence-corrected chi connectivity index (χ4v) is 1.92. The van der Waals surface area contributed by atoms with Crippen LogP contribution in [0.15, 0.2) is 34.7 Å². The molecule has 0 amide bonds. The number of carboxylic acid groups (broad SMARTS) is 1. The maximum atomic E-state index is 13.6. The topological polar surface area (TPSA) is 62.5 Å². The second-order valence-corrected chi connectivity index (χ2v) is 4.54. The molecule has 1 aromatic carbocycles. The fraction of sp³-hybridized carbons (Fsp3) is 0.267. The summed E-state index contributed by atoms with van der Waals surface area (Å²) in [6.07, 6.45) is 0.599. The highest BCUT2D eigenvalue weighted by atomic mass is 19.1. The summed E-state index contributed by atoms with van der Waals surface area (Å²) in [7, 11) is 0. The van der Waals surface area contributed by atoms with Gasteiger partial charge in [-0.05, 0) is 37.2 Å². The number of rotatable bonds is 7. The number of hydrogen-bond donors (Lipinski definition) is 2. The number of hydrogen-bond acceptors (Lipinski definition) is 3. The largest absolute Gasteiger partial charge is 0.481 e. The van der Waals surface area contributed by atoms with Gasteiger partial charge in [-0.15, -0.1) is 0 Å². The number of furan rings is 1. The third-order valence-corrected chi connectivity index (χ3v) is 2.91. The second-order valence-electron chi connectivity index (χ2n) is 4.54. The zero-order valence-electron chi connectivity index (χ0n) is 11.2. The minimum absolute atomic E-state index is 0.0941. The van der Waals surface area contributed by atoms with Crippen LogP contribution in [0.2, 0.25) is 0 Å². The molecular weight excluding hydrogens is 280 g/mol. The van der Waals surface area contributed by atoms with Crippen molar-refractivity contribution in [1.82, 2.24) is 5.32 Å². The number of aliphatic carboxylic acids is 1. The number of nitrogens with one attached hydrogen (secondary N) is 1. The molecule has 0 bridgehead atoms. The molecule has 0 aliphatic carbocycles. The molecule has 0 aliphatic heterocycles. The Hall–Kier alpha value is -2.21. The normalized spacial score (nSPS) is 10.8. The highest BCUT2D eigenvalue weighted by molar-refractivity contribution is 5.66. The minimum Gasteiger partial charge on any atom is -0.481 e. The second kappa shape index (κ2) is 6.99. The van der Waals surface area contributed by atoms with Crippen LogP contribution in [0.4, 0.5) is 8.78 Å². The molecule has 2 aromatic rings. The highest BCUT2D eigenvalue weighted by Gasteiger charge is 2.14. The van der Waals surface area contributed by atoms with E-state index in [1.54, 1.807) is 6.07 Å². The van der Waals surface area contributed by atoms with Crippen LogP contribution in [0.3, 0.4) is 0 Å². The summed E-state index contributed by atoms with van der Waals surface area (Å²) in [5.41, 5.74) is -0.186. The molecule has 1 heterocycles. The van der Waals surface area contributed by atoms with Gasteiger partial charge < -0.3 is 14.8 Å². The van der Waals surface area contributed by atoms with Gasteiger partial charge in [0.2, 0.25) is 0 Å². The van der Waals surface area contributed by atoms with Crippen LogP contribution in [-0.2, 0) is 11.3 Å². The van der Waals surface area contributed by atoms with Gasteiger partial charge in [-0.2, -0.15) is 0 Å². The molecule has 2 rings (SSSR count). The van der Waals surface area contributed by atoms with E-state index >= 15 is 0 Å². The summed E-state index contributed by atoms with van der Waals surface area (Å²) in [4.78, 5) is 10.3. The molecular formula is C15H15F2NO3. The third-order valence-electron chi connectivity index (χ3n) is 2.91. The standard InChI is InChI=1S/C15H15F2NO3/c16-11-3-1-4-12(17)15(11)13-7-6-10(21-13)9-18-8-2-5-14(19)20/h1,3-4,6-7,18H,2,5,8-9H2,(H,19,20). The van der Waals surface area contributed by atoms with Crippen molar-refractivity contribution in [2.45, 2.75) is 19.4 Å². The Balaban J connectivity index is 1.94. The lowest BCUT2D eigenvalue weighted by molar-refractivity contribution is -0.137.